The number of carbonyl (C=O) groups excluding carboxylic acids is 1. The summed E-state index contributed by atoms with van der Waals surface area (Å²) < 4.78 is 0. The van der Waals surface area contributed by atoms with Crippen molar-refractivity contribution < 1.29 is 4.79 Å². The van der Waals surface area contributed by atoms with Crippen LogP contribution in [0.25, 0.3) is 0 Å². The zero-order valence-corrected chi connectivity index (χ0v) is 10.4. The van der Waals surface area contributed by atoms with E-state index in [-0.39, 0.29) is 5.91 Å². The average Bonchev–Trinajstić information content (AvgIpc) is 2.77. The number of benzene rings is 1. The standard InChI is InChI=1S/C12H13Cl2NO/c13-10-4-3-9(7-11(10)14)8-12(16)15-5-1-2-6-15/h3-4,7H,1-2,5-6,8H2. The summed E-state index contributed by atoms with van der Waals surface area (Å²) in [5.41, 5.74) is 0.923. The van der Waals surface area contributed by atoms with Crippen LogP contribution < -0.4 is 0 Å². The van der Waals surface area contributed by atoms with Gasteiger partial charge in [-0.3, -0.25) is 4.79 Å². The van der Waals surface area contributed by atoms with Crippen molar-refractivity contribution in [1.82, 2.24) is 4.90 Å². The highest BCUT2D eigenvalue weighted by molar-refractivity contribution is 6.42. The first kappa shape index (κ1) is 11.7. The van der Waals surface area contributed by atoms with Gasteiger partial charge in [0.2, 0.25) is 5.91 Å². The van der Waals surface area contributed by atoms with Crippen LogP contribution in [0.3, 0.4) is 0 Å². The molecule has 0 unspecified atom stereocenters. The van der Waals surface area contributed by atoms with Crippen LogP contribution in [0.5, 0.6) is 0 Å². The minimum Gasteiger partial charge on any atom is -0.342 e. The average molecular weight is 258 g/mol. The number of hydrogen-bond acceptors (Lipinski definition) is 1. The molecule has 1 saturated heterocycles. The molecule has 1 aliphatic rings. The van der Waals surface area contributed by atoms with Gasteiger partial charge in [0.1, 0.15) is 0 Å². The minimum absolute atomic E-state index is 0.177. The highest BCUT2D eigenvalue weighted by atomic mass is 35.5. The summed E-state index contributed by atoms with van der Waals surface area (Å²) in [6.45, 7) is 1.78. The molecule has 2 rings (SSSR count). The molecule has 0 aromatic heterocycles. The predicted octanol–water partition coefficient (Wildman–Crippen LogP) is 3.16. The minimum atomic E-state index is 0.177. The van der Waals surface area contributed by atoms with E-state index in [4.69, 9.17) is 23.2 Å². The van der Waals surface area contributed by atoms with Crippen molar-refractivity contribution in [3.63, 3.8) is 0 Å². The Labute approximate surface area is 105 Å². The third-order valence-corrected chi connectivity index (χ3v) is 3.54. The van der Waals surface area contributed by atoms with Gasteiger partial charge in [0.05, 0.1) is 16.5 Å². The first-order chi connectivity index (χ1) is 7.66. The number of halogens is 2. The number of amides is 1. The molecule has 1 aromatic rings. The molecule has 1 fully saturated rings. The third kappa shape index (κ3) is 2.69. The molecule has 0 radical (unpaired) electrons. The lowest BCUT2D eigenvalue weighted by molar-refractivity contribution is -0.129. The second-order valence-corrected chi connectivity index (χ2v) is 4.83. The molecule has 0 aliphatic carbocycles. The molecule has 0 N–H and O–H groups in total. The third-order valence-electron chi connectivity index (χ3n) is 2.80. The van der Waals surface area contributed by atoms with Crippen molar-refractivity contribution in [3.05, 3.63) is 33.8 Å². The van der Waals surface area contributed by atoms with E-state index < -0.39 is 0 Å². The fraction of sp³-hybridized carbons (Fsp3) is 0.417. The normalized spacial score (nSPS) is 15.5. The summed E-state index contributed by atoms with van der Waals surface area (Å²) >= 11 is 11.7. The van der Waals surface area contributed by atoms with E-state index in [1.807, 2.05) is 11.0 Å². The second kappa shape index (κ2) is 5.07. The number of likely N-dealkylation sites (tertiary alicyclic amines) is 1. The molecule has 1 aromatic carbocycles. The number of rotatable bonds is 2. The first-order valence-corrected chi connectivity index (χ1v) is 6.14. The van der Waals surface area contributed by atoms with Gasteiger partial charge < -0.3 is 4.90 Å². The molecule has 0 spiro atoms. The Balaban J connectivity index is 2.02. The molecule has 2 nitrogen and oxygen atoms in total. The van der Waals surface area contributed by atoms with Crippen LogP contribution in [0.4, 0.5) is 0 Å². The van der Waals surface area contributed by atoms with Gasteiger partial charge in [-0.1, -0.05) is 29.3 Å². The van der Waals surface area contributed by atoms with E-state index >= 15 is 0 Å². The first-order valence-electron chi connectivity index (χ1n) is 5.38. The van der Waals surface area contributed by atoms with Crippen molar-refractivity contribution in [3.8, 4) is 0 Å². The van der Waals surface area contributed by atoms with Gasteiger partial charge in [0, 0.05) is 13.1 Å². The summed E-state index contributed by atoms with van der Waals surface area (Å²) in [5, 5.41) is 1.03. The molecular weight excluding hydrogens is 245 g/mol. The van der Waals surface area contributed by atoms with Crippen LogP contribution in [-0.4, -0.2) is 23.9 Å². The van der Waals surface area contributed by atoms with Gasteiger partial charge in [-0.15, -0.1) is 0 Å². The van der Waals surface area contributed by atoms with Crippen LogP contribution >= 0.6 is 23.2 Å². The Morgan fingerprint density at radius 2 is 1.88 bits per heavy atom. The highest BCUT2D eigenvalue weighted by Crippen LogP contribution is 2.23. The summed E-state index contributed by atoms with van der Waals surface area (Å²) in [4.78, 5) is 13.8. The molecule has 86 valence electrons. The maximum Gasteiger partial charge on any atom is 0.226 e. The Hall–Kier alpha value is -0.730. The Bertz CT molecular complexity index is 400. The van der Waals surface area contributed by atoms with E-state index in [9.17, 15) is 4.79 Å². The Morgan fingerprint density at radius 3 is 2.50 bits per heavy atom. The van der Waals surface area contributed by atoms with Crippen molar-refractivity contribution in [2.24, 2.45) is 0 Å². The van der Waals surface area contributed by atoms with Crippen LogP contribution in [0.2, 0.25) is 10.0 Å². The Morgan fingerprint density at radius 1 is 1.19 bits per heavy atom. The molecule has 16 heavy (non-hydrogen) atoms. The fourth-order valence-corrected chi connectivity index (χ4v) is 2.22. The largest absolute Gasteiger partial charge is 0.342 e. The van der Waals surface area contributed by atoms with E-state index in [2.05, 4.69) is 0 Å². The maximum atomic E-state index is 11.9. The quantitative estimate of drug-likeness (QED) is 0.797. The molecule has 4 heteroatoms. The summed E-state index contributed by atoms with van der Waals surface area (Å²) in [6.07, 6.45) is 2.65. The fourth-order valence-electron chi connectivity index (χ4n) is 1.90. The molecule has 0 bridgehead atoms. The molecule has 1 amide bonds. The topological polar surface area (TPSA) is 20.3 Å². The van der Waals surface area contributed by atoms with E-state index in [0.29, 0.717) is 16.5 Å². The number of nitrogens with zero attached hydrogens (tertiary/aromatic N) is 1. The zero-order chi connectivity index (χ0) is 11.5. The van der Waals surface area contributed by atoms with Gasteiger partial charge in [-0.25, -0.2) is 0 Å². The van der Waals surface area contributed by atoms with Crippen molar-refractivity contribution in [2.45, 2.75) is 19.3 Å². The molecule has 1 heterocycles. The lowest BCUT2D eigenvalue weighted by Gasteiger charge is -2.15. The highest BCUT2D eigenvalue weighted by Gasteiger charge is 2.18. The van der Waals surface area contributed by atoms with Crippen molar-refractivity contribution >= 4 is 29.1 Å². The molecule has 0 atom stereocenters. The van der Waals surface area contributed by atoms with Gasteiger partial charge in [0.15, 0.2) is 0 Å². The van der Waals surface area contributed by atoms with E-state index in [1.54, 1.807) is 12.1 Å². The second-order valence-electron chi connectivity index (χ2n) is 4.01. The predicted molar refractivity (Wildman–Crippen MR) is 66.0 cm³/mol. The van der Waals surface area contributed by atoms with Crippen molar-refractivity contribution in [2.75, 3.05) is 13.1 Å². The molecule has 0 saturated carbocycles. The lowest BCUT2D eigenvalue weighted by Crippen LogP contribution is -2.29. The van der Waals surface area contributed by atoms with Crippen LogP contribution in [0.15, 0.2) is 18.2 Å². The SMILES string of the molecule is O=C(Cc1ccc(Cl)c(Cl)c1)N1CCCC1. The summed E-state index contributed by atoms with van der Waals surface area (Å²) in [5.74, 6) is 0.177. The van der Waals surface area contributed by atoms with Gasteiger partial charge in [0.25, 0.3) is 0 Å². The van der Waals surface area contributed by atoms with E-state index in [0.717, 1.165) is 31.5 Å². The summed E-state index contributed by atoms with van der Waals surface area (Å²) in [6, 6.07) is 5.34. The smallest absolute Gasteiger partial charge is 0.226 e. The zero-order valence-electron chi connectivity index (χ0n) is 8.88. The van der Waals surface area contributed by atoms with Crippen LogP contribution in [0.1, 0.15) is 18.4 Å². The number of carbonyl (C=O) groups is 1. The number of hydrogen-bond donors (Lipinski definition) is 0. The van der Waals surface area contributed by atoms with Gasteiger partial charge in [-0.2, -0.15) is 0 Å². The van der Waals surface area contributed by atoms with Crippen molar-refractivity contribution in [1.29, 1.82) is 0 Å². The van der Waals surface area contributed by atoms with Crippen LogP contribution in [0, 0.1) is 0 Å². The van der Waals surface area contributed by atoms with Crippen LogP contribution in [-0.2, 0) is 11.2 Å². The molecular formula is C12H13Cl2NO. The van der Waals surface area contributed by atoms with Gasteiger partial charge in [-0.05, 0) is 30.5 Å². The monoisotopic (exact) mass is 257 g/mol. The van der Waals surface area contributed by atoms with Gasteiger partial charge >= 0.3 is 0 Å². The maximum absolute atomic E-state index is 11.9. The molecule has 1 aliphatic heterocycles. The lowest BCUT2D eigenvalue weighted by atomic mass is 10.1. The Kier molecular flexibility index (Phi) is 3.72. The summed E-state index contributed by atoms with van der Waals surface area (Å²) in [7, 11) is 0. The van der Waals surface area contributed by atoms with E-state index in [1.165, 1.54) is 0 Å².